The summed E-state index contributed by atoms with van der Waals surface area (Å²) in [6.07, 6.45) is 11.6. The molecule has 1 aromatic carbocycles. The van der Waals surface area contributed by atoms with E-state index in [0.29, 0.717) is 5.69 Å². The highest BCUT2D eigenvalue weighted by molar-refractivity contribution is 5.34. The van der Waals surface area contributed by atoms with Crippen molar-refractivity contribution in [2.24, 2.45) is 5.11 Å². The molecule has 0 aromatic heterocycles. The Bertz CT molecular complexity index is 491. The van der Waals surface area contributed by atoms with Crippen LogP contribution < -0.4 is 0 Å². The summed E-state index contributed by atoms with van der Waals surface area (Å²) in [6, 6.07) is 9.40. The lowest BCUT2D eigenvalue weighted by Crippen LogP contribution is -2.37. The minimum atomic E-state index is -0.513. The molecule has 1 aliphatic rings. The van der Waals surface area contributed by atoms with Crippen molar-refractivity contribution >= 4 is 5.69 Å². The molecule has 0 heterocycles. The molecule has 0 aliphatic heterocycles. The third kappa shape index (κ3) is 3.31. The van der Waals surface area contributed by atoms with E-state index in [-0.39, 0.29) is 0 Å². The largest absolute Gasteiger partial charge is 0.599 e. The molecular formula is C16H20N2O. The van der Waals surface area contributed by atoms with E-state index in [0.717, 1.165) is 30.5 Å². The molecule has 19 heavy (non-hydrogen) atoms. The van der Waals surface area contributed by atoms with E-state index in [4.69, 9.17) is 0 Å². The molecule has 100 valence electrons. The second-order valence-corrected chi connectivity index (χ2v) is 4.91. The lowest BCUT2D eigenvalue weighted by molar-refractivity contribution is -0.595. The maximum atomic E-state index is 12.5. The number of hydroxylamine groups is 1. The second kappa shape index (κ2) is 6.32. The highest BCUT2D eigenvalue weighted by Gasteiger charge is 2.37. The van der Waals surface area contributed by atoms with Crippen molar-refractivity contribution in [3.63, 3.8) is 0 Å². The summed E-state index contributed by atoms with van der Waals surface area (Å²) in [4.78, 5) is 0.887. The molecule has 1 aromatic rings. The fourth-order valence-electron chi connectivity index (χ4n) is 2.26. The maximum Gasteiger partial charge on any atom is 0.221 e. The Morgan fingerprint density at radius 2 is 2.05 bits per heavy atom. The van der Waals surface area contributed by atoms with Gasteiger partial charge in [0.15, 0.2) is 0 Å². The van der Waals surface area contributed by atoms with Crippen LogP contribution in [0.15, 0.2) is 59.8 Å². The van der Waals surface area contributed by atoms with Gasteiger partial charge in [-0.25, -0.2) is 0 Å². The standard InChI is InChI=1S/C16H20N2O/c1-2-3-12-16(13-8-5-9-14-16)18(19)17-15-10-6-4-7-11-15/h4-11,13H,2-3,12,14H2,1H3. The number of allylic oxidation sites excluding steroid dienone is 2. The molecular weight excluding hydrogens is 236 g/mol. The van der Waals surface area contributed by atoms with E-state index >= 15 is 0 Å². The molecule has 2 rings (SSSR count). The van der Waals surface area contributed by atoms with Gasteiger partial charge in [-0.05, 0) is 24.6 Å². The summed E-state index contributed by atoms with van der Waals surface area (Å²) in [5.41, 5.74) is 0.192. The van der Waals surface area contributed by atoms with E-state index < -0.39 is 5.54 Å². The van der Waals surface area contributed by atoms with Gasteiger partial charge in [0.25, 0.3) is 0 Å². The van der Waals surface area contributed by atoms with Crippen LogP contribution >= 0.6 is 0 Å². The van der Waals surface area contributed by atoms with Gasteiger partial charge in [-0.1, -0.05) is 54.6 Å². The van der Waals surface area contributed by atoms with Crippen molar-refractivity contribution in [3.8, 4) is 0 Å². The summed E-state index contributed by atoms with van der Waals surface area (Å²) in [6.45, 7) is 2.14. The molecule has 3 nitrogen and oxygen atoms in total. The number of unbranched alkanes of at least 4 members (excludes halogenated alkanes) is 1. The lowest BCUT2D eigenvalue weighted by atomic mass is 9.87. The average molecular weight is 256 g/mol. The predicted molar refractivity (Wildman–Crippen MR) is 77.3 cm³/mol. The Balaban J connectivity index is 2.25. The van der Waals surface area contributed by atoms with Gasteiger partial charge in [0.05, 0.1) is 0 Å². The molecule has 0 amide bonds. The Hall–Kier alpha value is -1.90. The van der Waals surface area contributed by atoms with Crippen LogP contribution in [-0.4, -0.2) is 10.4 Å². The Morgan fingerprint density at radius 3 is 2.68 bits per heavy atom. The topological polar surface area (TPSA) is 38.4 Å². The van der Waals surface area contributed by atoms with Crippen molar-refractivity contribution in [1.29, 1.82) is 0 Å². The zero-order chi connectivity index (χ0) is 13.6. The first-order chi connectivity index (χ1) is 9.27. The maximum absolute atomic E-state index is 12.5. The van der Waals surface area contributed by atoms with Crippen molar-refractivity contribution in [2.75, 3.05) is 0 Å². The number of nitrogens with zero attached hydrogens (tertiary/aromatic N) is 2. The SMILES string of the molecule is CCCCC1([N+]([O-])=Nc2ccccc2)C=CC=CC1. The van der Waals surface area contributed by atoms with Crippen LogP contribution in [-0.2, 0) is 0 Å². The number of hydrogen-bond donors (Lipinski definition) is 0. The lowest BCUT2D eigenvalue weighted by Gasteiger charge is -2.26. The van der Waals surface area contributed by atoms with Crippen molar-refractivity contribution in [3.05, 3.63) is 59.8 Å². The third-order valence-corrected chi connectivity index (χ3v) is 3.43. The van der Waals surface area contributed by atoms with E-state index in [1.807, 2.05) is 54.6 Å². The summed E-state index contributed by atoms with van der Waals surface area (Å²) in [7, 11) is 0. The molecule has 3 heteroatoms. The van der Waals surface area contributed by atoms with Crippen molar-refractivity contribution in [2.45, 2.75) is 38.1 Å². The fourth-order valence-corrected chi connectivity index (χ4v) is 2.26. The predicted octanol–water partition coefficient (Wildman–Crippen LogP) is 4.73. The van der Waals surface area contributed by atoms with E-state index in [2.05, 4.69) is 12.0 Å². The Labute approximate surface area is 114 Å². The fraction of sp³-hybridized carbons (Fsp3) is 0.375. The van der Waals surface area contributed by atoms with Gasteiger partial charge in [0, 0.05) is 18.0 Å². The molecule has 1 unspecified atom stereocenters. The molecule has 0 saturated carbocycles. The normalized spacial score (nSPS) is 22.7. The minimum absolute atomic E-state index is 0.513. The smallest absolute Gasteiger partial charge is 0.221 e. The van der Waals surface area contributed by atoms with Crippen LogP contribution in [0.3, 0.4) is 0 Å². The number of azo groups is 1. The van der Waals surface area contributed by atoms with Gasteiger partial charge in [-0.15, -0.1) is 0 Å². The number of rotatable bonds is 5. The van der Waals surface area contributed by atoms with Gasteiger partial charge in [0.2, 0.25) is 5.54 Å². The van der Waals surface area contributed by atoms with Crippen LogP contribution in [0.1, 0.15) is 32.6 Å². The van der Waals surface area contributed by atoms with Crippen molar-refractivity contribution < 1.29 is 4.86 Å². The summed E-state index contributed by atoms with van der Waals surface area (Å²) < 4.78 is 0. The van der Waals surface area contributed by atoms with E-state index in [9.17, 15) is 5.21 Å². The highest BCUT2D eigenvalue weighted by Crippen LogP contribution is 2.29. The highest BCUT2D eigenvalue weighted by atomic mass is 16.5. The van der Waals surface area contributed by atoms with Gasteiger partial charge >= 0.3 is 0 Å². The Morgan fingerprint density at radius 1 is 1.26 bits per heavy atom. The molecule has 0 saturated heterocycles. The third-order valence-electron chi connectivity index (χ3n) is 3.43. The van der Waals surface area contributed by atoms with Crippen LogP contribution in [0, 0.1) is 5.21 Å². The summed E-state index contributed by atoms with van der Waals surface area (Å²) >= 11 is 0. The van der Waals surface area contributed by atoms with Gasteiger partial charge in [-0.2, -0.15) is 0 Å². The molecule has 0 spiro atoms. The van der Waals surface area contributed by atoms with Crippen LogP contribution in [0.5, 0.6) is 0 Å². The quantitative estimate of drug-likeness (QED) is 0.426. The van der Waals surface area contributed by atoms with Crippen LogP contribution in [0.2, 0.25) is 0 Å². The summed E-state index contributed by atoms with van der Waals surface area (Å²) in [5.74, 6) is 0. The first kappa shape index (κ1) is 13.5. The first-order valence-electron chi connectivity index (χ1n) is 6.85. The van der Waals surface area contributed by atoms with Gasteiger partial charge < -0.3 is 5.21 Å². The zero-order valence-corrected chi connectivity index (χ0v) is 11.3. The van der Waals surface area contributed by atoms with E-state index in [1.54, 1.807) is 0 Å². The monoisotopic (exact) mass is 256 g/mol. The van der Waals surface area contributed by atoms with Crippen LogP contribution in [0.4, 0.5) is 5.69 Å². The number of hydrogen-bond acceptors (Lipinski definition) is 2. The second-order valence-electron chi connectivity index (χ2n) is 4.91. The minimum Gasteiger partial charge on any atom is -0.599 e. The Kier molecular flexibility index (Phi) is 4.50. The number of benzene rings is 1. The van der Waals surface area contributed by atoms with Gasteiger partial charge in [0.1, 0.15) is 5.69 Å². The molecule has 1 atom stereocenters. The summed E-state index contributed by atoms with van der Waals surface area (Å²) in [5, 5.41) is 16.7. The van der Waals surface area contributed by atoms with Crippen molar-refractivity contribution in [1.82, 2.24) is 0 Å². The van der Waals surface area contributed by atoms with Crippen LogP contribution in [0.25, 0.3) is 0 Å². The molecule has 0 fully saturated rings. The van der Waals surface area contributed by atoms with E-state index in [1.165, 1.54) is 0 Å². The molecule has 1 aliphatic carbocycles. The average Bonchev–Trinajstić information content (AvgIpc) is 2.47. The zero-order valence-electron chi connectivity index (χ0n) is 11.3. The first-order valence-corrected chi connectivity index (χ1v) is 6.85. The molecule has 0 bridgehead atoms. The van der Waals surface area contributed by atoms with Gasteiger partial charge in [-0.3, -0.25) is 0 Å². The molecule has 0 radical (unpaired) electrons. The molecule has 0 N–H and O–H groups in total.